The lowest BCUT2D eigenvalue weighted by molar-refractivity contribution is -0.117. The summed E-state index contributed by atoms with van der Waals surface area (Å²) in [6.45, 7) is 2.95. The average Bonchev–Trinajstić information content (AvgIpc) is 3.09. The Bertz CT molecular complexity index is 1080. The number of carbonyl (C=O) groups excluding carboxylic acids is 1. The molecule has 6 nitrogen and oxygen atoms in total. The van der Waals surface area contributed by atoms with Crippen molar-refractivity contribution in [3.8, 4) is 0 Å². The Morgan fingerprint density at radius 1 is 1.10 bits per heavy atom. The number of nitrogens with zero attached hydrogens (tertiary/aromatic N) is 3. The van der Waals surface area contributed by atoms with E-state index in [9.17, 15) is 9.59 Å². The predicted octanol–water partition coefficient (Wildman–Crippen LogP) is 3.47. The SMILES string of the molecule is Cc1ccc(N2CCC(Nc3cnn(Cc4ccccc4)c(=O)c3Cl)C2=O)cc1. The van der Waals surface area contributed by atoms with E-state index in [1.165, 1.54) is 10.9 Å². The zero-order valence-electron chi connectivity index (χ0n) is 16.0. The van der Waals surface area contributed by atoms with E-state index in [1.807, 2.05) is 61.5 Å². The highest BCUT2D eigenvalue weighted by molar-refractivity contribution is 6.33. The van der Waals surface area contributed by atoms with Crippen molar-refractivity contribution in [3.63, 3.8) is 0 Å². The summed E-state index contributed by atoms with van der Waals surface area (Å²) in [5, 5.41) is 7.36. The van der Waals surface area contributed by atoms with Gasteiger partial charge in [0.1, 0.15) is 11.1 Å². The van der Waals surface area contributed by atoms with E-state index in [1.54, 1.807) is 4.90 Å². The second-order valence-corrected chi connectivity index (χ2v) is 7.51. The number of aromatic nitrogens is 2. The molecule has 1 aliphatic heterocycles. The maximum atomic E-state index is 12.8. The number of hydrogen-bond acceptors (Lipinski definition) is 4. The van der Waals surface area contributed by atoms with Crippen molar-refractivity contribution in [2.45, 2.75) is 25.9 Å². The molecule has 3 aromatic rings. The van der Waals surface area contributed by atoms with Crippen molar-refractivity contribution in [1.29, 1.82) is 0 Å². The second kappa shape index (κ2) is 8.09. The fourth-order valence-corrected chi connectivity index (χ4v) is 3.62. The number of aryl methyl sites for hydroxylation is 1. The first-order valence-corrected chi connectivity index (χ1v) is 9.85. The standard InChI is InChI=1S/C22H21ClN4O2/c1-15-7-9-17(10-8-15)26-12-11-18(21(26)28)25-19-13-24-27(22(29)20(19)23)14-16-5-3-2-4-6-16/h2-10,13,18,25H,11-12,14H2,1H3. The third-order valence-corrected chi connectivity index (χ3v) is 5.41. The minimum atomic E-state index is -0.444. The Labute approximate surface area is 173 Å². The third kappa shape index (κ3) is 4.03. The van der Waals surface area contributed by atoms with E-state index >= 15 is 0 Å². The Morgan fingerprint density at radius 2 is 1.83 bits per heavy atom. The van der Waals surface area contributed by atoms with Crippen LogP contribution in [0.3, 0.4) is 0 Å². The number of amides is 1. The molecule has 4 rings (SSSR count). The highest BCUT2D eigenvalue weighted by atomic mass is 35.5. The molecule has 7 heteroatoms. The number of rotatable bonds is 5. The lowest BCUT2D eigenvalue weighted by atomic mass is 10.2. The smallest absolute Gasteiger partial charge is 0.287 e. The topological polar surface area (TPSA) is 67.2 Å². The number of anilines is 2. The van der Waals surface area contributed by atoms with E-state index in [0.29, 0.717) is 25.2 Å². The first-order chi connectivity index (χ1) is 14.0. The summed E-state index contributed by atoms with van der Waals surface area (Å²) in [5.74, 6) is -0.0432. The molecular formula is C22H21ClN4O2. The van der Waals surface area contributed by atoms with Gasteiger partial charge in [-0.05, 0) is 31.0 Å². The van der Waals surface area contributed by atoms with Gasteiger partial charge in [0.2, 0.25) is 5.91 Å². The Hall–Kier alpha value is -3.12. The van der Waals surface area contributed by atoms with Crippen LogP contribution in [0.25, 0.3) is 0 Å². The predicted molar refractivity (Wildman–Crippen MR) is 115 cm³/mol. The van der Waals surface area contributed by atoms with E-state index in [-0.39, 0.29) is 16.5 Å². The van der Waals surface area contributed by atoms with E-state index in [2.05, 4.69) is 10.4 Å². The van der Waals surface area contributed by atoms with Gasteiger partial charge in [0, 0.05) is 12.2 Å². The second-order valence-electron chi connectivity index (χ2n) is 7.13. The molecule has 0 spiro atoms. The molecule has 1 unspecified atom stereocenters. The number of carbonyl (C=O) groups is 1. The van der Waals surface area contributed by atoms with Gasteiger partial charge in [-0.1, -0.05) is 59.6 Å². The molecule has 1 fully saturated rings. The normalized spacial score (nSPS) is 16.3. The largest absolute Gasteiger partial charge is 0.371 e. The lowest BCUT2D eigenvalue weighted by Gasteiger charge is -2.18. The van der Waals surface area contributed by atoms with Crippen LogP contribution in [-0.2, 0) is 11.3 Å². The Morgan fingerprint density at radius 3 is 2.55 bits per heavy atom. The minimum Gasteiger partial charge on any atom is -0.371 e. The van der Waals surface area contributed by atoms with Crippen molar-refractivity contribution in [1.82, 2.24) is 9.78 Å². The number of hydrogen-bond donors (Lipinski definition) is 1. The van der Waals surface area contributed by atoms with Crippen LogP contribution in [0.5, 0.6) is 0 Å². The van der Waals surface area contributed by atoms with Crippen LogP contribution in [0.1, 0.15) is 17.5 Å². The van der Waals surface area contributed by atoms with Crippen molar-refractivity contribution >= 4 is 28.9 Å². The zero-order chi connectivity index (χ0) is 20.4. The van der Waals surface area contributed by atoms with E-state index < -0.39 is 6.04 Å². The molecule has 1 amide bonds. The summed E-state index contributed by atoms with van der Waals surface area (Å²) < 4.78 is 1.32. The highest BCUT2D eigenvalue weighted by Crippen LogP contribution is 2.25. The van der Waals surface area contributed by atoms with Gasteiger partial charge in [-0.3, -0.25) is 9.59 Å². The van der Waals surface area contributed by atoms with Gasteiger partial charge >= 0.3 is 0 Å². The van der Waals surface area contributed by atoms with Crippen LogP contribution in [0.4, 0.5) is 11.4 Å². The minimum absolute atomic E-state index is 0.0394. The Balaban J connectivity index is 1.50. The van der Waals surface area contributed by atoms with Gasteiger partial charge in [0.25, 0.3) is 5.56 Å². The Kier molecular flexibility index (Phi) is 5.36. The molecule has 0 radical (unpaired) electrons. The van der Waals surface area contributed by atoms with Crippen LogP contribution in [0, 0.1) is 6.92 Å². The number of benzene rings is 2. The van der Waals surface area contributed by atoms with Crippen LogP contribution in [0.2, 0.25) is 5.02 Å². The fraction of sp³-hybridized carbons (Fsp3) is 0.227. The highest BCUT2D eigenvalue weighted by Gasteiger charge is 2.33. The molecule has 148 valence electrons. The molecule has 1 aromatic heterocycles. The molecule has 29 heavy (non-hydrogen) atoms. The summed E-state index contributed by atoms with van der Waals surface area (Å²) >= 11 is 6.30. The maximum Gasteiger partial charge on any atom is 0.287 e. The summed E-state index contributed by atoms with van der Waals surface area (Å²) in [4.78, 5) is 27.2. The molecular weight excluding hydrogens is 388 g/mol. The molecule has 0 bridgehead atoms. The number of nitrogens with one attached hydrogen (secondary N) is 1. The van der Waals surface area contributed by atoms with E-state index in [0.717, 1.165) is 16.8 Å². The van der Waals surface area contributed by atoms with Crippen LogP contribution >= 0.6 is 11.6 Å². The summed E-state index contributed by atoms with van der Waals surface area (Å²) in [6.07, 6.45) is 2.13. The molecule has 0 saturated carbocycles. The van der Waals surface area contributed by atoms with Crippen molar-refractivity contribution in [2.75, 3.05) is 16.8 Å². The zero-order valence-corrected chi connectivity index (χ0v) is 16.8. The third-order valence-electron chi connectivity index (χ3n) is 5.04. The van der Waals surface area contributed by atoms with E-state index in [4.69, 9.17) is 11.6 Å². The van der Waals surface area contributed by atoms with Crippen molar-refractivity contribution in [2.24, 2.45) is 0 Å². The van der Waals surface area contributed by atoms with Gasteiger partial charge in [0.15, 0.2) is 0 Å². The van der Waals surface area contributed by atoms with Gasteiger partial charge < -0.3 is 10.2 Å². The van der Waals surface area contributed by atoms with Crippen LogP contribution in [-0.4, -0.2) is 28.3 Å². The quantitative estimate of drug-likeness (QED) is 0.702. The summed E-state index contributed by atoms with van der Waals surface area (Å²) in [5.41, 5.74) is 2.96. The first kappa shape index (κ1) is 19.2. The number of halogens is 1. The molecule has 1 N–H and O–H groups in total. The van der Waals surface area contributed by atoms with Crippen molar-refractivity contribution in [3.05, 3.63) is 87.3 Å². The van der Waals surface area contributed by atoms with Crippen molar-refractivity contribution < 1.29 is 4.79 Å². The summed E-state index contributed by atoms with van der Waals surface area (Å²) in [6, 6.07) is 17.0. The van der Waals surface area contributed by atoms with Gasteiger partial charge in [-0.15, -0.1) is 0 Å². The molecule has 1 atom stereocenters. The van der Waals surface area contributed by atoms with Crippen LogP contribution < -0.4 is 15.8 Å². The molecule has 2 aromatic carbocycles. The van der Waals surface area contributed by atoms with Crippen LogP contribution in [0.15, 0.2) is 65.6 Å². The molecule has 1 saturated heterocycles. The van der Waals surface area contributed by atoms with Gasteiger partial charge in [-0.2, -0.15) is 5.10 Å². The summed E-state index contributed by atoms with van der Waals surface area (Å²) in [7, 11) is 0. The molecule has 0 aliphatic carbocycles. The van der Waals surface area contributed by atoms with Gasteiger partial charge in [0.05, 0.1) is 18.4 Å². The van der Waals surface area contributed by atoms with Gasteiger partial charge in [-0.25, -0.2) is 4.68 Å². The molecule has 2 heterocycles. The molecule has 1 aliphatic rings. The fourth-order valence-electron chi connectivity index (χ4n) is 3.42. The lowest BCUT2D eigenvalue weighted by Crippen LogP contribution is -2.34. The average molecular weight is 409 g/mol. The monoisotopic (exact) mass is 408 g/mol. The first-order valence-electron chi connectivity index (χ1n) is 9.47. The maximum absolute atomic E-state index is 12.8.